The number of carbonyl (C=O) groups excluding carboxylic acids is 1. The van der Waals surface area contributed by atoms with Crippen molar-refractivity contribution in [3.63, 3.8) is 0 Å². The molecule has 6 heteroatoms. The summed E-state index contributed by atoms with van der Waals surface area (Å²) in [5.74, 6) is 0.212. The van der Waals surface area contributed by atoms with Gasteiger partial charge in [0.1, 0.15) is 0 Å². The molecule has 0 spiro atoms. The van der Waals surface area contributed by atoms with E-state index in [1.54, 1.807) is 11.9 Å². The van der Waals surface area contributed by atoms with Crippen LogP contribution >= 0.6 is 0 Å². The second-order valence-corrected chi connectivity index (χ2v) is 7.38. The minimum atomic E-state index is -2.95. The number of sulfone groups is 1. The Hall–Kier alpha value is -1.40. The topological polar surface area (TPSA) is 66.5 Å². The molecule has 1 unspecified atom stereocenters. The summed E-state index contributed by atoms with van der Waals surface area (Å²) >= 11 is 0. The summed E-state index contributed by atoms with van der Waals surface area (Å²) in [6.45, 7) is 0.853. The van der Waals surface area contributed by atoms with Crippen LogP contribution in [0, 0.1) is 0 Å². The van der Waals surface area contributed by atoms with Crippen LogP contribution in [0.3, 0.4) is 0 Å². The second kappa shape index (κ2) is 6.37. The molecule has 110 valence electrons. The number of amides is 1. The van der Waals surface area contributed by atoms with Gasteiger partial charge in [-0.1, -0.05) is 30.3 Å². The highest BCUT2D eigenvalue weighted by Crippen LogP contribution is 2.16. The van der Waals surface area contributed by atoms with Crippen molar-refractivity contribution in [2.75, 3.05) is 25.1 Å². The molecule has 20 heavy (non-hydrogen) atoms. The van der Waals surface area contributed by atoms with Crippen LogP contribution in [0.2, 0.25) is 0 Å². The number of hydrogen-bond donors (Lipinski definition) is 1. The average Bonchev–Trinajstić information content (AvgIpc) is 2.79. The lowest BCUT2D eigenvalue weighted by Crippen LogP contribution is -2.42. The molecule has 1 saturated heterocycles. The van der Waals surface area contributed by atoms with E-state index in [4.69, 9.17) is 0 Å². The Morgan fingerprint density at radius 2 is 2.05 bits per heavy atom. The fraction of sp³-hybridized carbons (Fsp3) is 0.500. The van der Waals surface area contributed by atoms with Gasteiger partial charge in [-0.3, -0.25) is 4.79 Å². The molecular weight excluding hydrogens is 276 g/mol. The number of nitrogens with one attached hydrogen (secondary N) is 1. The molecule has 0 aliphatic carbocycles. The normalized spacial score (nSPS) is 20.8. The molecule has 1 amide bonds. The summed E-state index contributed by atoms with van der Waals surface area (Å²) in [5, 5.41) is 3.09. The molecule has 1 aliphatic rings. The molecule has 1 atom stereocenters. The summed E-state index contributed by atoms with van der Waals surface area (Å²) < 4.78 is 22.8. The third-order valence-electron chi connectivity index (χ3n) is 3.60. The smallest absolute Gasteiger partial charge is 0.236 e. The van der Waals surface area contributed by atoms with Gasteiger partial charge in [-0.05, 0) is 12.0 Å². The molecule has 1 heterocycles. The van der Waals surface area contributed by atoms with Crippen molar-refractivity contribution in [1.29, 1.82) is 0 Å². The molecular formula is C14H20N2O3S. The quantitative estimate of drug-likeness (QED) is 0.855. The van der Waals surface area contributed by atoms with Crippen LogP contribution in [0.4, 0.5) is 0 Å². The molecule has 0 radical (unpaired) electrons. The molecule has 1 fully saturated rings. The van der Waals surface area contributed by atoms with E-state index >= 15 is 0 Å². The SMILES string of the molecule is CN(C(=O)CNCc1ccccc1)C1CCS(=O)(=O)C1. The van der Waals surface area contributed by atoms with Crippen molar-refractivity contribution in [2.24, 2.45) is 0 Å². The van der Waals surface area contributed by atoms with Crippen molar-refractivity contribution in [2.45, 2.75) is 19.0 Å². The first kappa shape index (κ1) is 15.0. The standard InChI is InChI=1S/C14H20N2O3S/c1-16(13-7-8-20(18,19)11-13)14(17)10-15-9-12-5-3-2-4-6-12/h2-6,13,15H,7-11H2,1H3. The number of hydrogen-bond acceptors (Lipinski definition) is 4. The van der Waals surface area contributed by atoms with Gasteiger partial charge in [0, 0.05) is 19.6 Å². The third-order valence-corrected chi connectivity index (χ3v) is 5.35. The van der Waals surface area contributed by atoms with Crippen LogP contribution in [0.1, 0.15) is 12.0 Å². The van der Waals surface area contributed by atoms with Crippen LogP contribution in [0.25, 0.3) is 0 Å². The summed E-state index contributed by atoms with van der Waals surface area (Å²) in [5.41, 5.74) is 1.12. The van der Waals surface area contributed by atoms with Crippen LogP contribution < -0.4 is 5.32 Å². The Morgan fingerprint density at radius 3 is 2.65 bits per heavy atom. The fourth-order valence-electron chi connectivity index (χ4n) is 2.32. The molecule has 0 bridgehead atoms. The Labute approximate surface area is 119 Å². The molecule has 1 aliphatic heterocycles. The van der Waals surface area contributed by atoms with Crippen molar-refractivity contribution in [3.8, 4) is 0 Å². The highest BCUT2D eigenvalue weighted by atomic mass is 32.2. The Balaban J connectivity index is 1.77. The summed E-state index contributed by atoms with van der Waals surface area (Å²) in [6, 6.07) is 9.66. The zero-order valence-corrected chi connectivity index (χ0v) is 12.4. The second-order valence-electron chi connectivity index (χ2n) is 5.15. The monoisotopic (exact) mass is 296 g/mol. The van der Waals surface area contributed by atoms with Gasteiger partial charge in [0.05, 0.1) is 18.1 Å². The lowest BCUT2D eigenvalue weighted by molar-refractivity contribution is -0.130. The molecule has 0 aromatic heterocycles. The van der Waals surface area contributed by atoms with Gasteiger partial charge in [0.15, 0.2) is 9.84 Å². The molecule has 1 aromatic carbocycles. The fourth-order valence-corrected chi connectivity index (χ4v) is 4.09. The van der Waals surface area contributed by atoms with Crippen molar-refractivity contribution < 1.29 is 13.2 Å². The first-order chi connectivity index (χ1) is 9.48. The van der Waals surface area contributed by atoms with E-state index in [1.165, 1.54) is 0 Å². The van der Waals surface area contributed by atoms with Crippen LogP contribution in [0.15, 0.2) is 30.3 Å². The van der Waals surface area contributed by atoms with E-state index in [2.05, 4.69) is 5.32 Å². The first-order valence-corrected chi connectivity index (χ1v) is 8.51. The van der Waals surface area contributed by atoms with Crippen LogP contribution in [-0.2, 0) is 21.2 Å². The predicted molar refractivity (Wildman–Crippen MR) is 78.0 cm³/mol. The minimum absolute atomic E-state index is 0.0666. The molecule has 0 saturated carbocycles. The molecule has 1 N–H and O–H groups in total. The Morgan fingerprint density at radius 1 is 1.35 bits per heavy atom. The van der Waals surface area contributed by atoms with Crippen molar-refractivity contribution in [3.05, 3.63) is 35.9 Å². The van der Waals surface area contributed by atoms with Gasteiger partial charge < -0.3 is 10.2 Å². The lowest BCUT2D eigenvalue weighted by Gasteiger charge is -2.23. The maximum Gasteiger partial charge on any atom is 0.236 e. The van der Waals surface area contributed by atoms with Crippen LogP contribution in [-0.4, -0.2) is 50.4 Å². The van der Waals surface area contributed by atoms with Crippen LogP contribution in [0.5, 0.6) is 0 Å². The minimum Gasteiger partial charge on any atom is -0.341 e. The van der Waals surface area contributed by atoms with E-state index in [0.717, 1.165) is 5.56 Å². The average molecular weight is 296 g/mol. The predicted octanol–water partition coefficient (Wildman–Crippen LogP) is 0.422. The largest absolute Gasteiger partial charge is 0.341 e. The molecule has 2 rings (SSSR count). The number of carbonyl (C=O) groups is 1. The van der Waals surface area contributed by atoms with Gasteiger partial charge in [-0.25, -0.2) is 8.42 Å². The zero-order valence-electron chi connectivity index (χ0n) is 11.6. The first-order valence-electron chi connectivity index (χ1n) is 6.69. The summed E-state index contributed by atoms with van der Waals surface area (Å²) in [6.07, 6.45) is 0.545. The number of likely N-dealkylation sites (N-methyl/N-ethyl adjacent to an activating group) is 1. The number of rotatable bonds is 5. The van der Waals surface area contributed by atoms with Crippen molar-refractivity contribution in [1.82, 2.24) is 10.2 Å². The highest BCUT2D eigenvalue weighted by Gasteiger charge is 2.32. The maximum absolute atomic E-state index is 12.0. The van der Waals surface area contributed by atoms with E-state index in [0.29, 0.717) is 13.0 Å². The van der Waals surface area contributed by atoms with Gasteiger partial charge in [0.2, 0.25) is 5.91 Å². The Bertz CT molecular complexity index is 557. The number of nitrogens with zero attached hydrogens (tertiary/aromatic N) is 1. The van der Waals surface area contributed by atoms with E-state index < -0.39 is 9.84 Å². The number of benzene rings is 1. The van der Waals surface area contributed by atoms with Crippen molar-refractivity contribution >= 4 is 15.7 Å². The van der Waals surface area contributed by atoms with Gasteiger partial charge in [-0.2, -0.15) is 0 Å². The van der Waals surface area contributed by atoms with E-state index in [9.17, 15) is 13.2 Å². The molecule has 5 nitrogen and oxygen atoms in total. The highest BCUT2D eigenvalue weighted by molar-refractivity contribution is 7.91. The maximum atomic E-state index is 12.0. The van der Waals surface area contributed by atoms with Gasteiger partial charge >= 0.3 is 0 Å². The molecule has 1 aromatic rings. The van der Waals surface area contributed by atoms with E-state index in [-0.39, 0.29) is 30.0 Å². The zero-order chi connectivity index (χ0) is 14.6. The van der Waals surface area contributed by atoms with E-state index in [1.807, 2.05) is 30.3 Å². The summed E-state index contributed by atoms with van der Waals surface area (Å²) in [4.78, 5) is 13.6. The van der Waals surface area contributed by atoms with Gasteiger partial charge in [-0.15, -0.1) is 0 Å². The lowest BCUT2D eigenvalue weighted by atomic mass is 10.2. The van der Waals surface area contributed by atoms with Gasteiger partial charge in [0.25, 0.3) is 0 Å². The Kier molecular flexibility index (Phi) is 4.77. The third kappa shape index (κ3) is 4.05. The summed E-state index contributed by atoms with van der Waals surface area (Å²) in [7, 11) is -1.27.